The van der Waals surface area contributed by atoms with Gasteiger partial charge in [-0.2, -0.15) is 0 Å². The van der Waals surface area contributed by atoms with Crippen molar-refractivity contribution in [2.24, 2.45) is 0 Å². The van der Waals surface area contributed by atoms with E-state index in [2.05, 4.69) is 43.9 Å². The van der Waals surface area contributed by atoms with E-state index >= 15 is 0 Å². The van der Waals surface area contributed by atoms with Crippen LogP contribution in [0.15, 0.2) is 43.0 Å². The van der Waals surface area contributed by atoms with Crippen LogP contribution in [0.2, 0.25) is 13.1 Å². The molecule has 0 amide bonds. The van der Waals surface area contributed by atoms with Gasteiger partial charge in [0.2, 0.25) is 8.32 Å². The molecule has 0 aromatic heterocycles. The second-order valence-corrected chi connectivity index (χ2v) is 7.69. The van der Waals surface area contributed by atoms with Crippen molar-refractivity contribution < 1.29 is 4.43 Å². The highest BCUT2D eigenvalue weighted by atomic mass is 28.4. The second kappa shape index (κ2) is 5.13. The van der Waals surface area contributed by atoms with Crippen molar-refractivity contribution in [1.29, 1.82) is 0 Å². The number of hydrogen-bond donors (Lipinski definition) is 0. The van der Waals surface area contributed by atoms with Crippen molar-refractivity contribution in [3.05, 3.63) is 43.0 Å². The molecule has 1 rings (SSSR count). The van der Waals surface area contributed by atoms with Gasteiger partial charge >= 0.3 is 0 Å². The van der Waals surface area contributed by atoms with Crippen molar-refractivity contribution in [3.63, 3.8) is 0 Å². The van der Waals surface area contributed by atoms with Crippen LogP contribution in [0, 0.1) is 0 Å². The first-order chi connectivity index (χ1) is 6.67. The van der Waals surface area contributed by atoms with Crippen LogP contribution < -0.4 is 5.19 Å². The second-order valence-electron chi connectivity index (χ2n) is 3.80. The van der Waals surface area contributed by atoms with Crippen LogP contribution >= 0.6 is 0 Å². The number of hydrogen-bond acceptors (Lipinski definition) is 1. The Labute approximate surface area is 87.5 Å². The third-order valence-electron chi connectivity index (χ3n) is 2.25. The van der Waals surface area contributed by atoms with Gasteiger partial charge in [-0.1, -0.05) is 36.4 Å². The fraction of sp³-hybridized carbons (Fsp3) is 0.333. The molecule has 1 aromatic rings. The Hall–Kier alpha value is -0.863. The highest BCUT2D eigenvalue weighted by Crippen LogP contribution is 2.05. The average Bonchev–Trinajstić information content (AvgIpc) is 2.19. The van der Waals surface area contributed by atoms with Crippen LogP contribution in [0.3, 0.4) is 0 Å². The summed E-state index contributed by atoms with van der Waals surface area (Å²) in [6.45, 7) is 8.93. The first-order valence-electron chi connectivity index (χ1n) is 4.97. The van der Waals surface area contributed by atoms with E-state index in [0.29, 0.717) is 0 Å². The van der Waals surface area contributed by atoms with E-state index in [0.717, 1.165) is 13.0 Å². The SMILES string of the molecule is C=CCCO[Si](C)(C)c1ccccc1. The van der Waals surface area contributed by atoms with Crippen molar-refractivity contribution in [1.82, 2.24) is 0 Å². The molecule has 1 aromatic carbocycles. The van der Waals surface area contributed by atoms with Gasteiger partial charge in [0.15, 0.2) is 0 Å². The third kappa shape index (κ3) is 3.12. The third-order valence-corrected chi connectivity index (χ3v) is 4.90. The van der Waals surface area contributed by atoms with Crippen LogP contribution in [0.1, 0.15) is 6.42 Å². The summed E-state index contributed by atoms with van der Waals surface area (Å²) < 4.78 is 5.92. The summed E-state index contributed by atoms with van der Waals surface area (Å²) in [5.41, 5.74) is 0. The first-order valence-corrected chi connectivity index (χ1v) is 7.88. The summed E-state index contributed by atoms with van der Waals surface area (Å²) in [5.74, 6) is 0. The molecule has 76 valence electrons. The summed E-state index contributed by atoms with van der Waals surface area (Å²) >= 11 is 0. The van der Waals surface area contributed by atoms with E-state index in [1.165, 1.54) is 5.19 Å². The Morgan fingerprint density at radius 3 is 2.50 bits per heavy atom. The zero-order valence-electron chi connectivity index (χ0n) is 8.99. The van der Waals surface area contributed by atoms with Crippen LogP contribution in [0.5, 0.6) is 0 Å². The van der Waals surface area contributed by atoms with Gasteiger partial charge in [0.05, 0.1) is 0 Å². The average molecular weight is 206 g/mol. The fourth-order valence-corrected chi connectivity index (χ4v) is 3.11. The van der Waals surface area contributed by atoms with Gasteiger partial charge in [-0.05, 0) is 24.7 Å². The Bertz CT molecular complexity index is 280. The van der Waals surface area contributed by atoms with Gasteiger partial charge in [-0.3, -0.25) is 0 Å². The maximum absolute atomic E-state index is 5.92. The molecule has 0 saturated heterocycles. The van der Waals surface area contributed by atoms with E-state index in [1.54, 1.807) is 0 Å². The van der Waals surface area contributed by atoms with E-state index in [4.69, 9.17) is 4.43 Å². The zero-order chi connectivity index (χ0) is 10.4. The smallest absolute Gasteiger partial charge is 0.218 e. The molecular weight excluding hydrogens is 188 g/mol. The highest BCUT2D eigenvalue weighted by Gasteiger charge is 2.24. The molecule has 0 spiro atoms. The fourth-order valence-electron chi connectivity index (χ4n) is 1.32. The molecule has 0 bridgehead atoms. The van der Waals surface area contributed by atoms with Gasteiger partial charge in [0, 0.05) is 6.61 Å². The van der Waals surface area contributed by atoms with E-state index in [1.807, 2.05) is 12.1 Å². The van der Waals surface area contributed by atoms with Gasteiger partial charge in [0.1, 0.15) is 0 Å². The van der Waals surface area contributed by atoms with Crippen molar-refractivity contribution in [3.8, 4) is 0 Å². The zero-order valence-corrected chi connectivity index (χ0v) is 9.99. The summed E-state index contributed by atoms with van der Waals surface area (Å²) in [7, 11) is -1.66. The largest absolute Gasteiger partial charge is 0.413 e. The molecule has 0 atom stereocenters. The van der Waals surface area contributed by atoms with Crippen LogP contribution in [0.4, 0.5) is 0 Å². The lowest BCUT2D eigenvalue weighted by molar-refractivity contribution is 0.323. The predicted octanol–water partition coefficient (Wildman–Crippen LogP) is 2.69. The Kier molecular flexibility index (Phi) is 4.11. The van der Waals surface area contributed by atoms with Gasteiger partial charge in [-0.25, -0.2) is 0 Å². The normalized spacial score (nSPS) is 11.3. The molecule has 0 aliphatic rings. The molecule has 0 aliphatic heterocycles. The van der Waals surface area contributed by atoms with Gasteiger partial charge < -0.3 is 4.43 Å². The van der Waals surface area contributed by atoms with E-state index in [-0.39, 0.29) is 0 Å². The van der Waals surface area contributed by atoms with Gasteiger partial charge in [0.25, 0.3) is 0 Å². The Balaban J connectivity index is 2.61. The summed E-state index contributed by atoms with van der Waals surface area (Å²) in [6, 6.07) is 10.5. The highest BCUT2D eigenvalue weighted by molar-refractivity contribution is 6.84. The van der Waals surface area contributed by atoms with Crippen molar-refractivity contribution in [2.45, 2.75) is 19.5 Å². The summed E-state index contributed by atoms with van der Waals surface area (Å²) in [6.07, 6.45) is 2.83. The molecule has 0 unspecified atom stereocenters. The van der Waals surface area contributed by atoms with Crippen molar-refractivity contribution in [2.75, 3.05) is 6.61 Å². The van der Waals surface area contributed by atoms with E-state index < -0.39 is 8.32 Å². The topological polar surface area (TPSA) is 9.23 Å². The first kappa shape index (κ1) is 11.2. The predicted molar refractivity (Wildman–Crippen MR) is 64.3 cm³/mol. The number of rotatable bonds is 5. The molecule has 1 nitrogen and oxygen atoms in total. The molecule has 0 N–H and O–H groups in total. The Morgan fingerprint density at radius 1 is 1.29 bits per heavy atom. The quantitative estimate of drug-likeness (QED) is 0.409. The lowest BCUT2D eigenvalue weighted by Gasteiger charge is -2.22. The molecule has 0 saturated carbocycles. The Morgan fingerprint density at radius 2 is 1.93 bits per heavy atom. The minimum atomic E-state index is -1.66. The van der Waals surface area contributed by atoms with E-state index in [9.17, 15) is 0 Å². The van der Waals surface area contributed by atoms with Crippen LogP contribution in [0.25, 0.3) is 0 Å². The standard InChI is InChI=1S/C12H18OSi/c1-4-5-11-13-14(2,3)12-9-7-6-8-10-12/h4,6-10H,1,5,11H2,2-3H3. The minimum Gasteiger partial charge on any atom is -0.413 e. The molecule has 0 radical (unpaired) electrons. The monoisotopic (exact) mass is 206 g/mol. The summed E-state index contributed by atoms with van der Waals surface area (Å²) in [5, 5.41) is 1.35. The molecule has 0 fully saturated rings. The minimum absolute atomic E-state index is 0.789. The van der Waals surface area contributed by atoms with Crippen molar-refractivity contribution >= 4 is 13.5 Å². The maximum atomic E-state index is 5.92. The van der Waals surface area contributed by atoms with Crippen LogP contribution in [-0.2, 0) is 4.43 Å². The summed E-state index contributed by atoms with van der Waals surface area (Å²) in [4.78, 5) is 0. The molecule has 0 heterocycles. The molecule has 14 heavy (non-hydrogen) atoms. The lowest BCUT2D eigenvalue weighted by atomic mass is 10.4. The van der Waals surface area contributed by atoms with Gasteiger partial charge in [-0.15, -0.1) is 6.58 Å². The van der Waals surface area contributed by atoms with Crippen LogP contribution in [-0.4, -0.2) is 14.9 Å². The molecule has 2 heteroatoms. The molecular formula is C12H18OSi. The molecule has 0 aliphatic carbocycles. The maximum Gasteiger partial charge on any atom is 0.218 e. The lowest BCUT2D eigenvalue weighted by Crippen LogP contribution is -2.44. The number of benzene rings is 1.